The molecule has 10 N–H and O–H groups in total. The van der Waals surface area contributed by atoms with Crippen molar-refractivity contribution < 1.29 is 90.1 Å². The van der Waals surface area contributed by atoms with Crippen LogP contribution in [-0.4, -0.2) is 215 Å². The van der Waals surface area contributed by atoms with Crippen molar-refractivity contribution in [3.05, 3.63) is 231 Å². The molecule has 3 unspecified atom stereocenters. The van der Waals surface area contributed by atoms with Gasteiger partial charge in [0.25, 0.3) is 0 Å². The van der Waals surface area contributed by atoms with Gasteiger partial charge in [-0.3, -0.25) is 23.2 Å². The number of piperidine rings is 3. The zero-order valence-electron chi connectivity index (χ0n) is 80.9. The zero-order chi connectivity index (χ0) is 104. The number of alkyl halides is 2. The third kappa shape index (κ3) is 27.7. The highest BCUT2D eigenvalue weighted by Crippen LogP contribution is 2.45. The van der Waals surface area contributed by atoms with E-state index < -0.39 is 55.6 Å². The SMILES string of the molecule is Brc1ccccc1.C.C=CC(=O)N1CCCC(n2nc(-c3ccc(O)cc3F)c3c(N)ncnc32)C1.C=CC(=O)N1CCCC(n2nc(-c3ccc(Oc4ccccc4)cc3F)c3c(N)ncnc32)C1.C=CC(=O)N1CCCC(n2nc(I)c3c(N)ncnc32)C1.CC1(C)OB(B2OC(C)(C)C(C)(C)O2)OC1(C)C.CC1(C)OB(c2ccc(O)cc2F)OC1(C)C.CF.CF.Oc1ccc(Br)c(F)c1.[3H]N=O. The first-order valence-electron chi connectivity index (χ1n) is 44.5. The fourth-order valence-corrected chi connectivity index (χ4v) is 16.5. The van der Waals surface area contributed by atoms with Crippen LogP contribution in [0.15, 0.2) is 199 Å². The fraction of sp³-hybridized carbons (Fsp3) is 0.375. The Morgan fingerprint density at radius 1 is 0.475 bits per heavy atom. The molecule has 6 aromatic heterocycles. The number of hydrogen-bond donors (Lipinski definition) is 7. The largest absolute Gasteiger partial charge is 0.508 e. The molecule has 3 amide bonds. The maximum absolute atomic E-state index is 15.3. The third-order valence-corrected chi connectivity index (χ3v) is 26.4. The molecule has 6 saturated heterocycles. The lowest BCUT2D eigenvalue weighted by atomic mass is 9.49. The minimum atomic E-state index is -0.736. The van der Waals surface area contributed by atoms with E-state index in [-0.39, 0.29) is 106 Å². The molecule has 6 fully saturated rings. The number of benzene rings is 6. The van der Waals surface area contributed by atoms with Gasteiger partial charge in [0.2, 0.25) is 19.1 Å². The topological polar surface area (TPSA) is 436 Å². The van der Waals surface area contributed by atoms with E-state index >= 15 is 4.39 Å². The number of nitrogens with two attached hydrogens (primary N) is 3. The van der Waals surface area contributed by atoms with E-state index in [0.717, 1.165) is 82.5 Å². The number of nitrogens with one attached hydrogen (secondary N) is 1. The molecule has 33 nitrogen and oxygen atoms in total. The molecular weight excluding hydrogens is 2080 g/mol. The maximum Gasteiger partial charge on any atom is 0.497 e. The first-order chi connectivity index (χ1) is 66.8. The molecule has 6 aromatic carbocycles. The Morgan fingerprint density at radius 2 is 0.809 bits per heavy atom. The zero-order valence-corrected chi connectivity index (χ0v) is 85.2. The van der Waals surface area contributed by atoms with Crippen LogP contribution in [0, 0.1) is 37.5 Å². The number of hydrogen-bond acceptors (Lipinski definition) is 27. The van der Waals surface area contributed by atoms with Gasteiger partial charge in [-0.2, -0.15) is 20.2 Å². The summed E-state index contributed by atoms with van der Waals surface area (Å²) in [7, 11) is -0.687. The van der Waals surface area contributed by atoms with E-state index in [1.54, 1.807) is 48.3 Å². The van der Waals surface area contributed by atoms with E-state index in [9.17, 15) is 41.4 Å². The van der Waals surface area contributed by atoms with Gasteiger partial charge in [0.05, 0.1) is 86.7 Å². The minimum absolute atomic E-state index is 0. The number of nitrogens with zero attached hydrogens (tertiary/aromatic N) is 15. The Kier molecular flexibility index (Phi) is 40.0. The molecule has 0 bridgehead atoms. The van der Waals surface area contributed by atoms with Crippen molar-refractivity contribution in [2.45, 2.75) is 181 Å². The van der Waals surface area contributed by atoms with Gasteiger partial charge in [0.1, 0.15) is 104 Å². The fourth-order valence-electron chi connectivity index (χ4n) is 15.2. The molecule has 0 radical (unpaired) electrons. The molecular formula is C96H117B3Br2F6IN19O14. The standard InChI is InChI=1S/C25H23FN6O2.C19H19FN6O2.C13H15IN6O.C12H24B2O4.C12H16BFO3.C6H4BrFO.C6H5Br.2CH3F.CH4.HNO/c1-2-21(33)31-12-6-7-16(14-31)32-25-22(24(27)28-15-29-25)23(30-32)19-11-10-18(13-20(19)26)34-17-8-4-3-5-9-17;1-2-15(28)25-7-3-4-11(9-25)26-19-16(18(21)22-10-23-19)17(24-26)13-6-5-12(27)8-14(13)20;1-2-9(21)19-5-3-4-8(6-19)20-13-10(11(14)18-20)12(15)16-7-17-13;1-9(2)10(3,4)16-13(15-9)14-17-11(5,6)12(7,8)18-14;1-11(2)12(3,4)17-13(16-11)9-6-5-8(15)7-10(9)14;7-5-2-1-4(9)3-6(5)8;7-6-4-2-1-3-5-6;2*1-2;;1-2/h2-5,8-11,13,15-16H,1,6-7,12,14H2,(H2,27,28,29);2,5-6,8,10-11,27H,1,3-4,7,9H2,(H2,21,22,23);2,7-8H,1,3-6H2,(H2,15,16,17);1-8H3;5-7,15H,1-4H3;1-3,9H;1-5H;2*1H3;1H4;1H/i;;;;;;;;;;1T. The van der Waals surface area contributed by atoms with Crippen LogP contribution < -0.4 is 27.4 Å². The molecule has 12 heterocycles. The Hall–Kier alpha value is -12.0. The van der Waals surface area contributed by atoms with Crippen LogP contribution in [-0.2, 0) is 42.3 Å². The number of rotatable bonds is 12. The summed E-state index contributed by atoms with van der Waals surface area (Å²) in [5.74, 6) is -0.946. The summed E-state index contributed by atoms with van der Waals surface area (Å²) >= 11 is 8.39. The van der Waals surface area contributed by atoms with E-state index in [1.165, 1.54) is 85.3 Å². The molecule has 6 aliphatic rings. The number of nitrogen functional groups attached to an aromatic ring is 3. The number of nitroso groups, excluding NO2 is 1. The lowest BCUT2D eigenvalue weighted by molar-refractivity contribution is -0.128. The van der Waals surface area contributed by atoms with E-state index in [4.69, 9.17) is 71.5 Å². The van der Waals surface area contributed by atoms with Crippen LogP contribution >= 0.6 is 54.5 Å². The number of aromatic hydroxyl groups is 3. The van der Waals surface area contributed by atoms with Gasteiger partial charge in [-0.25, -0.2) is 61.5 Å². The van der Waals surface area contributed by atoms with Gasteiger partial charge >= 0.3 is 21.1 Å². The molecule has 141 heavy (non-hydrogen) atoms. The second kappa shape index (κ2) is 50.1. The van der Waals surface area contributed by atoms with Crippen molar-refractivity contribution in [2.24, 2.45) is 0 Å². The normalized spacial score (nSPS) is 18.0. The number of phenols is 3. The second-order valence-electron chi connectivity index (χ2n) is 35.2. The number of aromatic nitrogens is 12. The number of likely N-dealkylation sites (tertiary alicyclic amines) is 3. The van der Waals surface area contributed by atoms with Crippen LogP contribution in [0.25, 0.3) is 55.6 Å². The van der Waals surface area contributed by atoms with Gasteiger partial charge in [-0.15, -0.1) is 0 Å². The van der Waals surface area contributed by atoms with Crippen LogP contribution in [0.4, 0.5) is 43.8 Å². The van der Waals surface area contributed by atoms with E-state index in [0.29, 0.717) is 108 Å². The lowest BCUT2D eigenvalue weighted by Crippen LogP contribution is -2.41. The van der Waals surface area contributed by atoms with Crippen molar-refractivity contribution in [3.8, 4) is 51.3 Å². The summed E-state index contributed by atoms with van der Waals surface area (Å²) in [5.41, 5.74) is 20.4. The summed E-state index contributed by atoms with van der Waals surface area (Å²) < 4.78 is 129. The number of phenolic OH excluding ortho intramolecular Hbond substituents is 3. The summed E-state index contributed by atoms with van der Waals surface area (Å²) in [4.78, 5) is 74.6. The molecule has 0 spiro atoms. The number of carbonyl (C=O) groups excluding carboxylic acids is 3. The van der Waals surface area contributed by atoms with Crippen molar-refractivity contribution >= 4 is 149 Å². The molecule has 0 aliphatic carbocycles. The molecule has 3 atom stereocenters. The highest BCUT2D eigenvalue weighted by atomic mass is 127. The monoisotopic (exact) mass is 2190 g/mol. The average Bonchev–Trinajstić information content (AvgIpc) is 1.61. The smallest absolute Gasteiger partial charge is 0.497 e. The Bertz CT molecular complexity index is 6270. The van der Waals surface area contributed by atoms with Crippen molar-refractivity contribution in [2.75, 3.05) is 70.8 Å². The van der Waals surface area contributed by atoms with Gasteiger partial charge in [0.15, 0.2) is 16.9 Å². The van der Waals surface area contributed by atoms with Crippen LogP contribution in [0.3, 0.4) is 0 Å². The number of carbonyl (C=O) groups is 3. The van der Waals surface area contributed by atoms with E-state index in [1.807, 2.05) is 136 Å². The molecule has 45 heteroatoms. The predicted molar refractivity (Wildman–Crippen MR) is 549 cm³/mol. The Labute approximate surface area is 847 Å². The van der Waals surface area contributed by atoms with Gasteiger partial charge in [-0.05, 0) is 245 Å². The second-order valence-corrected chi connectivity index (χ2v) is 38.0. The van der Waals surface area contributed by atoms with Crippen LogP contribution in [0.1, 0.15) is 147 Å². The highest BCUT2D eigenvalue weighted by molar-refractivity contribution is 14.1. The number of anilines is 3. The van der Waals surface area contributed by atoms with E-state index in [2.05, 4.69) is 114 Å². The average molecular weight is 2200 g/mol. The highest BCUT2D eigenvalue weighted by Gasteiger charge is 2.64. The molecule has 12 aromatic rings. The summed E-state index contributed by atoms with van der Waals surface area (Å²) in [6.07, 6.45) is 13.2. The van der Waals surface area contributed by atoms with Gasteiger partial charge in [0, 0.05) is 84.6 Å². The number of fused-ring (bicyclic) bond motifs is 3. The number of para-hydroxylation sites is 1. The van der Waals surface area contributed by atoms with Crippen molar-refractivity contribution in [3.63, 3.8) is 0 Å². The van der Waals surface area contributed by atoms with Crippen molar-refractivity contribution in [1.29, 1.82) is 5.59 Å². The minimum Gasteiger partial charge on any atom is -0.508 e. The Balaban J connectivity index is 0.000000208. The van der Waals surface area contributed by atoms with Gasteiger partial charge < -0.3 is 79.9 Å². The first-order valence-corrected chi connectivity index (χ1v) is 46.7. The number of halogens is 9. The van der Waals surface area contributed by atoms with Crippen LogP contribution in [0.5, 0.6) is 28.7 Å². The van der Waals surface area contributed by atoms with Crippen LogP contribution in [0.2, 0.25) is 1.41 Å². The van der Waals surface area contributed by atoms with Gasteiger partial charge in [-0.1, -0.05) is 91.1 Å². The Morgan fingerprint density at radius 3 is 1.16 bits per heavy atom. The lowest BCUT2D eigenvalue weighted by Gasteiger charge is -2.32. The summed E-state index contributed by atoms with van der Waals surface area (Å²) in [6.45, 7) is 38.1. The summed E-state index contributed by atoms with van der Waals surface area (Å²) in [5, 5.41) is 42.9. The molecule has 752 valence electrons. The predicted octanol–water partition coefficient (Wildman–Crippen LogP) is 19.0. The first kappa shape index (κ1) is 113. The number of ether oxygens (including phenoxy) is 1. The number of amides is 3. The summed E-state index contributed by atoms with van der Waals surface area (Å²) in [6, 6.07) is 35.3. The third-order valence-electron chi connectivity index (χ3n) is 24.5. The van der Waals surface area contributed by atoms with Crippen molar-refractivity contribution in [1.82, 2.24) is 73.9 Å². The quantitative estimate of drug-likeness (QED) is 0.0196. The molecule has 0 saturated carbocycles. The molecule has 18 rings (SSSR count). The molecule has 6 aliphatic heterocycles. The maximum atomic E-state index is 15.3.